The van der Waals surface area contributed by atoms with Crippen LogP contribution in [0.2, 0.25) is 0 Å². The first-order valence-electron chi connectivity index (χ1n) is 16.3. The minimum atomic E-state index is -1.54. The van der Waals surface area contributed by atoms with E-state index in [4.69, 9.17) is 33.2 Å². The van der Waals surface area contributed by atoms with Gasteiger partial charge >= 0.3 is 23.9 Å². The Morgan fingerprint density at radius 1 is 0.808 bits per heavy atom. The van der Waals surface area contributed by atoms with Crippen LogP contribution in [-0.2, 0) is 42.7 Å². The average molecular weight is 727 g/mol. The van der Waals surface area contributed by atoms with E-state index in [0.29, 0.717) is 5.57 Å². The molecule has 0 spiro atoms. The third-order valence-corrected chi connectivity index (χ3v) is 9.51. The summed E-state index contributed by atoms with van der Waals surface area (Å²) in [5, 5.41) is -1.44. The van der Waals surface area contributed by atoms with Gasteiger partial charge in [0.05, 0.1) is 33.4 Å². The summed E-state index contributed by atoms with van der Waals surface area (Å²) >= 11 is 0.774. The largest absolute Gasteiger partial charge is 0.471 e. The summed E-state index contributed by atoms with van der Waals surface area (Å²) in [6.45, 7) is 4.84. The predicted molar refractivity (Wildman–Crippen MR) is 186 cm³/mol. The maximum absolute atomic E-state index is 13.7. The van der Waals surface area contributed by atoms with Crippen LogP contribution in [0.5, 0.6) is 0 Å². The van der Waals surface area contributed by atoms with Crippen LogP contribution >= 0.6 is 11.8 Å². The zero-order valence-electron chi connectivity index (χ0n) is 27.9. The molecule has 3 aromatic rings. The smallest absolute Gasteiger partial charge is 0.341 e. The molecule has 3 aliphatic heterocycles. The van der Waals surface area contributed by atoms with E-state index in [-0.39, 0.29) is 34.0 Å². The molecule has 52 heavy (non-hydrogen) atoms. The number of thioether (sulfide) groups is 1. The number of carbonyl (C=O) groups excluding carboxylic acids is 5. The molecule has 3 aliphatic rings. The molecule has 0 aliphatic carbocycles. The topological polar surface area (TPSA) is 150 Å². The van der Waals surface area contributed by atoms with Gasteiger partial charge in [0.25, 0.3) is 0 Å². The van der Waals surface area contributed by atoms with Crippen LogP contribution in [-0.4, -0.2) is 78.3 Å². The van der Waals surface area contributed by atoms with Crippen molar-refractivity contribution in [2.45, 2.75) is 43.1 Å². The summed E-state index contributed by atoms with van der Waals surface area (Å²) < 4.78 is 41.6. The molecule has 3 heterocycles. The quantitative estimate of drug-likeness (QED) is 0.145. The summed E-state index contributed by atoms with van der Waals surface area (Å²) in [7, 11) is 0. The fourth-order valence-corrected chi connectivity index (χ4v) is 6.88. The van der Waals surface area contributed by atoms with E-state index in [1.807, 2.05) is 0 Å². The molecule has 12 nitrogen and oxygen atoms in total. The molecular formula is C39H34O12S. The lowest BCUT2D eigenvalue weighted by molar-refractivity contribution is -0.312. The molecule has 0 N–H and O–H groups in total. The molecule has 0 unspecified atom stereocenters. The minimum absolute atomic E-state index is 0.0239. The van der Waals surface area contributed by atoms with E-state index < -0.39 is 72.5 Å². The van der Waals surface area contributed by atoms with Crippen LogP contribution in [0.4, 0.5) is 0 Å². The molecule has 7 atom stereocenters. The van der Waals surface area contributed by atoms with Crippen molar-refractivity contribution in [1.82, 2.24) is 0 Å². The van der Waals surface area contributed by atoms with Crippen molar-refractivity contribution in [3.63, 3.8) is 0 Å². The van der Waals surface area contributed by atoms with Crippen LogP contribution < -0.4 is 0 Å². The van der Waals surface area contributed by atoms with E-state index in [1.165, 1.54) is 19.3 Å². The zero-order valence-corrected chi connectivity index (χ0v) is 28.7. The van der Waals surface area contributed by atoms with Gasteiger partial charge < -0.3 is 33.2 Å². The van der Waals surface area contributed by atoms with E-state index in [1.54, 1.807) is 97.1 Å². The standard InChI is InChI=1S/C39H34O12S/c1-3-27-28-19-20-45-37(44)29(28)21-47-38(27)51-39-32(50-36(43)26-17-11-6-12-18-26)31(49-35(42)25-15-9-5-10-16-25)33(52-23(2)40)30(48-39)22-46-34(41)24-13-7-4-8-14-24/h3-19,21,27,30-33,38-39H,1,20,22H2,2H3/t27-,30-,31-,32-,33-,38+,39+/m1/s1. The number of fused-ring (bicyclic) bond motifs is 1. The fraction of sp³-hybridized carbons (Fsp3) is 0.256. The van der Waals surface area contributed by atoms with Crippen LogP contribution in [0.25, 0.3) is 0 Å². The first-order valence-corrected chi connectivity index (χ1v) is 17.2. The molecule has 0 radical (unpaired) electrons. The SMILES string of the molecule is C=C[C@@H]1C2=CCOC(=O)C2=CO[C@H]1O[C@@H]1O[C@H](COC(=O)c2ccccc2)[C@@H](SC(C)=O)[C@H](OC(=O)c2ccccc2)[C@H]1OC(=O)c1ccccc1. The molecule has 1 saturated heterocycles. The van der Waals surface area contributed by atoms with Crippen molar-refractivity contribution < 1.29 is 57.1 Å². The molecule has 1 fully saturated rings. The zero-order chi connectivity index (χ0) is 36.6. The van der Waals surface area contributed by atoms with Crippen LogP contribution in [0.1, 0.15) is 38.0 Å². The lowest BCUT2D eigenvalue weighted by Gasteiger charge is -2.46. The molecule has 0 saturated carbocycles. The summed E-state index contributed by atoms with van der Waals surface area (Å²) in [5.74, 6) is -3.54. The summed E-state index contributed by atoms with van der Waals surface area (Å²) in [5.41, 5.74) is 1.37. The van der Waals surface area contributed by atoms with Gasteiger partial charge in [0.2, 0.25) is 12.6 Å². The van der Waals surface area contributed by atoms with E-state index in [2.05, 4.69) is 6.58 Å². The fourth-order valence-electron chi connectivity index (χ4n) is 5.86. The highest BCUT2D eigenvalue weighted by Gasteiger charge is 2.54. The number of hydrogen-bond acceptors (Lipinski definition) is 13. The maximum Gasteiger partial charge on any atom is 0.341 e. The third-order valence-electron chi connectivity index (χ3n) is 8.33. The Morgan fingerprint density at radius 3 is 1.92 bits per heavy atom. The van der Waals surface area contributed by atoms with Gasteiger partial charge in [0.15, 0.2) is 17.3 Å². The minimum Gasteiger partial charge on any atom is -0.471 e. The average Bonchev–Trinajstić information content (AvgIpc) is 3.17. The van der Waals surface area contributed by atoms with Gasteiger partial charge in [-0.3, -0.25) is 4.79 Å². The number of rotatable bonds is 11. The highest BCUT2D eigenvalue weighted by atomic mass is 32.2. The Balaban J connectivity index is 1.39. The Kier molecular flexibility index (Phi) is 11.6. The number of cyclic esters (lactones) is 1. The monoisotopic (exact) mass is 726 g/mol. The van der Waals surface area contributed by atoms with Crippen molar-refractivity contribution in [3.05, 3.63) is 144 Å². The number of benzene rings is 3. The second-order valence-electron chi connectivity index (χ2n) is 11.7. The third kappa shape index (κ3) is 8.34. The molecule has 268 valence electrons. The van der Waals surface area contributed by atoms with E-state index in [9.17, 15) is 24.0 Å². The van der Waals surface area contributed by atoms with Crippen molar-refractivity contribution in [2.75, 3.05) is 13.2 Å². The molecule has 0 amide bonds. The van der Waals surface area contributed by atoms with Gasteiger partial charge in [-0.15, -0.1) is 6.58 Å². The van der Waals surface area contributed by atoms with Gasteiger partial charge in [0, 0.05) is 6.92 Å². The number of carbonyl (C=O) groups is 5. The summed E-state index contributed by atoms with van der Waals surface area (Å²) in [4.78, 5) is 65.6. The Labute approximate surface area is 303 Å². The van der Waals surface area contributed by atoms with Crippen molar-refractivity contribution in [3.8, 4) is 0 Å². The first-order chi connectivity index (χ1) is 25.2. The molecule has 6 rings (SSSR count). The van der Waals surface area contributed by atoms with Gasteiger partial charge in [-0.25, -0.2) is 19.2 Å². The number of hydrogen-bond donors (Lipinski definition) is 0. The summed E-state index contributed by atoms with van der Waals surface area (Å²) in [6.07, 6.45) is -2.34. The van der Waals surface area contributed by atoms with E-state index in [0.717, 1.165) is 11.8 Å². The highest BCUT2D eigenvalue weighted by Crippen LogP contribution is 2.39. The summed E-state index contributed by atoms with van der Waals surface area (Å²) in [6, 6.07) is 24.5. The van der Waals surface area contributed by atoms with Crippen molar-refractivity contribution in [2.24, 2.45) is 5.92 Å². The second-order valence-corrected chi connectivity index (χ2v) is 13.1. The highest BCUT2D eigenvalue weighted by molar-refractivity contribution is 8.14. The lowest BCUT2D eigenvalue weighted by Crippen LogP contribution is -2.62. The number of esters is 4. The first kappa shape index (κ1) is 36.3. The number of ether oxygens (including phenoxy) is 7. The van der Waals surface area contributed by atoms with Gasteiger partial charge in [-0.2, -0.15) is 0 Å². The Hall–Kier alpha value is -5.50. The maximum atomic E-state index is 13.7. The van der Waals surface area contributed by atoms with Crippen LogP contribution in [0.15, 0.2) is 127 Å². The van der Waals surface area contributed by atoms with Crippen molar-refractivity contribution in [1.29, 1.82) is 0 Å². The molecular weight excluding hydrogens is 692 g/mol. The van der Waals surface area contributed by atoms with E-state index >= 15 is 0 Å². The van der Waals surface area contributed by atoms with Crippen molar-refractivity contribution >= 4 is 40.8 Å². The van der Waals surface area contributed by atoms with Gasteiger partial charge in [0.1, 0.15) is 25.6 Å². The molecule has 0 aromatic heterocycles. The van der Waals surface area contributed by atoms with Gasteiger partial charge in [-0.05, 0) is 48.0 Å². The molecule has 3 aromatic carbocycles. The lowest BCUT2D eigenvalue weighted by atomic mass is 9.89. The van der Waals surface area contributed by atoms with Gasteiger partial charge in [-0.1, -0.05) is 72.4 Å². The molecule has 13 heteroatoms. The Morgan fingerprint density at radius 2 is 1.37 bits per heavy atom. The normalized spacial score (nSPS) is 25.1. The second kappa shape index (κ2) is 16.7. The molecule has 0 bridgehead atoms. The predicted octanol–water partition coefficient (Wildman–Crippen LogP) is 5.21. The van der Waals surface area contributed by atoms with Crippen LogP contribution in [0, 0.1) is 5.92 Å². The van der Waals surface area contributed by atoms with Crippen LogP contribution in [0.3, 0.4) is 0 Å². The Bertz CT molecular complexity index is 1860.